The predicted molar refractivity (Wildman–Crippen MR) is 97.7 cm³/mol. The van der Waals surface area contributed by atoms with Crippen LogP contribution in [-0.2, 0) is 15.8 Å². The third-order valence-corrected chi connectivity index (χ3v) is 6.22. The van der Waals surface area contributed by atoms with Crippen LogP contribution in [0.25, 0.3) is 0 Å². The first-order chi connectivity index (χ1) is 12.0. The van der Waals surface area contributed by atoms with Crippen molar-refractivity contribution in [3.63, 3.8) is 0 Å². The maximum Gasteiger partial charge on any atom is 0.253 e. The van der Waals surface area contributed by atoms with Crippen LogP contribution in [0.3, 0.4) is 0 Å². The van der Waals surface area contributed by atoms with Crippen molar-refractivity contribution in [2.75, 3.05) is 26.2 Å². The molecule has 25 heavy (non-hydrogen) atoms. The van der Waals surface area contributed by atoms with Gasteiger partial charge in [0.15, 0.2) is 0 Å². The third-order valence-electron chi connectivity index (χ3n) is 4.37. The quantitative estimate of drug-likeness (QED) is 0.843. The van der Waals surface area contributed by atoms with Gasteiger partial charge in [0.25, 0.3) is 5.91 Å². The maximum absolute atomic E-state index is 12.6. The molecule has 0 aliphatic carbocycles. The Morgan fingerprint density at radius 2 is 1.64 bits per heavy atom. The standard InChI is InChI=1S/C19H22N2O3S/c1-16-6-5-7-17(14-16)15-25(23,24)21-12-10-20(11-13-21)19(22)18-8-3-2-4-9-18/h2-9,14H,10-13,15H2,1H3. The minimum absolute atomic E-state index is 0.00130. The lowest BCUT2D eigenvalue weighted by Gasteiger charge is -2.34. The van der Waals surface area contributed by atoms with E-state index in [1.54, 1.807) is 17.0 Å². The Morgan fingerprint density at radius 3 is 2.28 bits per heavy atom. The highest BCUT2D eigenvalue weighted by molar-refractivity contribution is 7.88. The van der Waals surface area contributed by atoms with Gasteiger partial charge in [0, 0.05) is 31.7 Å². The van der Waals surface area contributed by atoms with Crippen molar-refractivity contribution in [1.29, 1.82) is 0 Å². The lowest BCUT2D eigenvalue weighted by atomic mass is 10.2. The molecule has 0 aromatic heterocycles. The van der Waals surface area contributed by atoms with E-state index in [2.05, 4.69) is 0 Å². The highest BCUT2D eigenvalue weighted by Crippen LogP contribution is 2.16. The molecule has 0 unspecified atom stereocenters. The van der Waals surface area contributed by atoms with Crippen LogP contribution in [-0.4, -0.2) is 49.7 Å². The van der Waals surface area contributed by atoms with E-state index in [0.717, 1.165) is 11.1 Å². The summed E-state index contributed by atoms with van der Waals surface area (Å²) >= 11 is 0. The van der Waals surface area contributed by atoms with E-state index in [1.807, 2.05) is 49.4 Å². The van der Waals surface area contributed by atoms with Crippen molar-refractivity contribution >= 4 is 15.9 Å². The second-order valence-electron chi connectivity index (χ2n) is 6.30. The molecule has 1 amide bonds. The van der Waals surface area contributed by atoms with E-state index in [1.165, 1.54) is 4.31 Å². The number of hydrogen-bond donors (Lipinski definition) is 0. The molecule has 3 rings (SSSR count). The molecular formula is C19H22N2O3S. The van der Waals surface area contributed by atoms with Crippen molar-refractivity contribution in [3.05, 3.63) is 71.3 Å². The Labute approximate surface area is 148 Å². The SMILES string of the molecule is Cc1cccc(CS(=O)(=O)N2CCN(C(=O)c3ccccc3)CC2)c1. The van der Waals surface area contributed by atoms with Gasteiger partial charge in [-0.15, -0.1) is 0 Å². The molecule has 6 heteroatoms. The van der Waals surface area contributed by atoms with Crippen molar-refractivity contribution in [1.82, 2.24) is 9.21 Å². The summed E-state index contributed by atoms with van der Waals surface area (Å²) in [7, 11) is -3.37. The zero-order valence-electron chi connectivity index (χ0n) is 14.3. The smallest absolute Gasteiger partial charge is 0.253 e. The second-order valence-corrected chi connectivity index (χ2v) is 8.27. The monoisotopic (exact) mass is 358 g/mol. The number of aryl methyl sites for hydroxylation is 1. The Morgan fingerprint density at radius 1 is 0.960 bits per heavy atom. The Kier molecular flexibility index (Phi) is 5.20. The van der Waals surface area contributed by atoms with Crippen LogP contribution in [0.2, 0.25) is 0 Å². The number of carbonyl (C=O) groups is 1. The van der Waals surface area contributed by atoms with Crippen LogP contribution in [0, 0.1) is 6.92 Å². The van der Waals surface area contributed by atoms with Gasteiger partial charge in [-0.1, -0.05) is 48.0 Å². The highest BCUT2D eigenvalue weighted by Gasteiger charge is 2.29. The summed E-state index contributed by atoms with van der Waals surface area (Å²) in [5.41, 5.74) is 2.48. The van der Waals surface area contributed by atoms with Crippen LogP contribution in [0.4, 0.5) is 0 Å². The molecule has 1 heterocycles. The molecule has 0 atom stereocenters. The molecule has 0 saturated carbocycles. The molecule has 0 N–H and O–H groups in total. The first-order valence-corrected chi connectivity index (χ1v) is 9.94. The largest absolute Gasteiger partial charge is 0.336 e. The topological polar surface area (TPSA) is 57.7 Å². The van der Waals surface area contributed by atoms with E-state index in [4.69, 9.17) is 0 Å². The number of sulfonamides is 1. The summed E-state index contributed by atoms with van der Waals surface area (Å²) in [4.78, 5) is 14.2. The van der Waals surface area contributed by atoms with Crippen LogP contribution >= 0.6 is 0 Å². The second kappa shape index (κ2) is 7.37. The van der Waals surface area contributed by atoms with Gasteiger partial charge in [-0.05, 0) is 24.6 Å². The third kappa shape index (κ3) is 4.27. The van der Waals surface area contributed by atoms with E-state index in [0.29, 0.717) is 31.7 Å². The maximum atomic E-state index is 12.6. The normalized spacial score (nSPS) is 16.0. The number of piperazine rings is 1. The van der Waals surface area contributed by atoms with Gasteiger partial charge in [-0.25, -0.2) is 8.42 Å². The molecule has 132 valence electrons. The van der Waals surface area contributed by atoms with Gasteiger partial charge < -0.3 is 4.90 Å². The van der Waals surface area contributed by atoms with Crippen molar-refractivity contribution in [2.24, 2.45) is 0 Å². The minimum Gasteiger partial charge on any atom is -0.336 e. The zero-order chi connectivity index (χ0) is 17.9. The van der Waals surface area contributed by atoms with Crippen LogP contribution in [0.1, 0.15) is 21.5 Å². The lowest BCUT2D eigenvalue weighted by molar-refractivity contribution is 0.0698. The van der Waals surface area contributed by atoms with Gasteiger partial charge in [0.1, 0.15) is 0 Å². The average Bonchev–Trinajstić information content (AvgIpc) is 2.61. The van der Waals surface area contributed by atoms with Crippen LogP contribution in [0.15, 0.2) is 54.6 Å². The number of amides is 1. The van der Waals surface area contributed by atoms with Gasteiger partial charge in [-0.3, -0.25) is 4.79 Å². The minimum atomic E-state index is -3.37. The van der Waals surface area contributed by atoms with Crippen molar-refractivity contribution in [2.45, 2.75) is 12.7 Å². The van der Waals surface area contributed by atoms with Gasteiger partial charge in [-0.2, -0.15) is 4.31 Å². The zero-order valence-corrected chi connectivity index (χ0v) is 15.1. The van der Waals surface area contributed by atoms with Crippen molar-refractivity contribution < 1.29 is 13.2 Å². The molecule has 1 saturated heterocycles. The average molecular weight is 358 g/mol. The Bertz CT molecular complexity index is 842. The summed E-state index contributed by atoms with van der Waals surface area (Å²) in [6, 6.07) is 16.6. The van der Waals surface area contributed by atoms with Crippen LogP contribution in [0.5, 0.6) is 0 Å². The lowest BCUT2D eigenvalue weighted by Crippen LogP contribution is -2.50. The summed E-state index contributed by atoms with van der Waals surface area (Å²) < 4.78 is 26.8. The summed E-state index contributed by atoms with van der Waals surface area (Å²) in [6.07, 6.45) is 0. The van der Waals surface area contributed by atoms with E-state index < -0.39 is 10.0 Å². The summed E-state index contributed by atoms with van der Waals surface area (Å²) in [5, 5.41) is 0. The molecule has 5 nitrogen and oxygen atoms in total. The molecular weight excluding hydrogens is 336 g/mol. The van der Waals surface area contributed by atoms with E-state index in [-0.39, 0.29) is 11.7 Å². The molecule has 1 aliphatic heterocycles. The fourth-order valence-electron chi connectivity index (χ4n) is 3.04. The Balaban J connectivity index is 1.62. The van der Waals surface area contributed by atoms with Gasteiger partial charge in [0.2, 0.25) is 10.0 Å². The number of rotatable bonds is 4. The molecule has 2 aromatic rings. The molecule has 1 fully saturated rings. The molecule has 0 radical (unpaired) electrons. The van der Waals surface area contributed by atoms with Gasteiger partial charge >= 0.3 is 0 Å². The number of hydrogen-bond acceptors (Lipinski definition) is 3. The number of carbonyl (C=O) groups excluding carboxylic acids is 1. The number of benzene rings is 2. The van der Waals surface area contributed by atoms with Crippen molar-refractivity contribution in [3.8, 4) is 0 Å². The fraction of sp³-hybridized carbons (Fsp3) is 0.316. The van der Waals surface area contributed by atoms with E-state index >= 15 is 0 Å². The van der Waals surface area contributed by atoms with Crippen LogP contribution < -0.4 is 0 Å². The molecule has 2 aromatic carbocycles. The first kappa shape index (κ1) is 17.6. The predicted octanol–water partition coefficient (Wildman–Crippen LogP) is 2.28. The Hall–Kier alpha value is -2.18. The number of nitrogens with zero attached hydrogens (tertiary/aromatic N) is 2. The fourth-order valence-corrected chi connectivity index (χ4v) is 4.54. The molecule has 0 spiro atoms. The molecule has 0 bridgehead atoms. The first-order valence-electron chi connectivity index (χ1n) is 8.33. The van der Waals surface area contributed by atoms with Gasteiger partial charge in [0.05, 0.1) is 5.75 Å². The summed E-state index contributed by atoms with van der Waals surface area (Å²) in [6.45, 7) is 3.46. The molecule has 1 aliphatic rings. The highest BCUT2D eigenvalue weighted by atomic mass is 32.2. The van der Waals surface area contributed by atoms with E-state index in [9.17, 15) is 13.2 Å². The summed E-state index contributed by atoms with van der Waals surface area (Å²) in [5.74, 6) is -0.0438.